The maximum atomic E-state index is 12.5. The molecule has 0 aliphatic rings. The number of likely N-dealkylation sites (N-methyl/N-ethyl adjacent to an activating group) is 1. The molecule has 6 nitrogen and oxygen atoms in total. The van der Waals surface area contributed by atoms with Crippen LogP contribution in [-0.2, 0) is 6.61 Å². The number of methoxy groups -OCH3 is 1. The molecule has 2 aromatic carbocycles. The molecule has 1 amide bonds. The van der Waals surface area contributed by atoms with Crippen LogP contribution in [0.5, 0.6) is 11.5 Å². The van der Waals surface area contributed by atoms with E-state index in [0.29, 0.717) is 36.8 Å². The lowest BCUT2D eigenvalue weighted by Crippen LogP contribution is -2.32. The summed E-state index contributed by atoms with van der Waals surface area (Å²) in [5.41, 5.74) is 4.26. The van der Waals surface area contributed by atoms with Gasteiger partial charge in [-0.2, -0.15) is 0 Å². The molecule has 0 spiro atoms. The smallest absolute Gasteiger partial charge is 0.251 e. The van der Waals surface area contributed by atoms with Crippen LogP contribution >= 0.6 is 11.3 Å². The second-order valence-corrected chi connectivity index (χ2v) is 6.87. The molecule has 7 heteroatoms. The highest BCUT2D eigenvalue weighted by atomic mass is 32.1. The van der Waals surface area contributed by atoms with Crippen molar-refractivity contribution in [1.29, 1.82) is 0 Å². The van der Waals surface area contributed by atoms with Crippen LogP contribution in [0.4, 0.5) is 5.69 Å². The number of rotatable bonds is 9. The van der Waals surface area contributed by atoms with E-state index in [2.05, 4.69) is 15.2 Å². The van der Waals surface area contributed by atoms with E-state index in [-0.39, 0.29) is 5.91 Å². The predicted octanol–water partition coefficient (Wildman–Crippen LogP) is 3.60. The lowest BCUT2D eigenvalue weighted by Gasteiger charge is -2.19. The van der Waals surface area contributed by atoms with Gasteiger partial charge in [-0.25, -0.2) is 4.98 Å². The summed E-state index contributed by atoms with van der Waals surface area (Å²) < 4.78 is 11.1. The predicted molar refractivity (Wildman–Crippen MR) is 111 cm³/mol. The quantitative estimate of drug-likeness (QED) is 0.598. The molecule has 0 unspecified atom stereocenters. The fraction of sp³-hybridized carbons (Fsp3) is 0.238. The summed E-state index contributed by atoms with van der Waals surface area (Å²) in [6, 6.07) is 15.2. The number of hydrogen-bond acceptors (Lipinski definition) is 6. The Morgan fingerprint density at radius 2 is 2.00 bits per heavy atom. The monoisotopic (exact) mass is 397 g/mol. The van der Waals surface area contributed by atoms with Crippen LogP contribution in [0.3, 0.4) is 0 Å². The molecule has 1 aromatic heterocycles. The molecule has 0 fully saturated rings. The second-order valence-electron chi connectivity index (χ2n) is 6.15. The van der Waals surface area contributed by atoms with Crippen LogP contribution in [0.25, 0.3) is 0 Å². The average Bonchev–Trinajstić information content (AvgIpc) is 3.26. The summed E-state index contributed by atoms with van der Waals surface area (Å²) in [5.74, 6) is 0.950. The minimum absolute atomic E-state index is 0.147. The number of nitrogens with one attached hydrogen (secondary N) is 1. The molecule has 0 saturated heterocycles. The normalized spacial score (nSPS) is 10.4. The third-order valence-electron chi connectivity index (χ3n) is 4.21. The molecule has 3 aromatic rings. The Morgan fingerprint density at radius 3 is 2.71 bits per heavy atom. The van der Waals surface area contributed by atoms with E-state index in [9.17, 15) is 4.79 Å². The Labute approximate surface area is 168 Å². The molecule has 0 aliphatic carbocycles. The Bertz CT molecular complexity index is 885. The highest BCUT2D eigenvalue weighted by Gasteiger charge is 2.12. The van der Waals surface area contributed by atoms with E-state index in [0.717, 1.165) is 11.4 Å². The number of ether oxygens (including phenoxy) is 2. The van der Waals surface area contributed by atoms with Crippen molar-refractivity contribution >= 4 is 22.9 Å². The number of carbonyl (C=O) groups is 1. The first-order valence-corrected chi connectivity index (χ1v) is 9.84. The van der Waals surface area contributed by atoms with E-state index >= 15 is 0 Å². The maximum absolute atomic E-state index is 12.5. The minimum atomic E-state index is -0.147. The van der Waals surface area contributed by atoms with Gasteiger partial charge in [0.2, 0.25) is 0 Å². The zero-order valence-corrected chi connectivity index (χ0v) is 16.7. The summed E-state index contributed by atoms with van der Waals surface area (Å²) >= 11 is 1.52. The Morgan fingerprint density at radius 1 is 1.18 bits per heavy atom. The summed E-state index contributed by atoms with van der Waals surface area (Å²) in [6.07, 6.45) is 0. The first-order valence-electron chi connectivity index (χ1n) is 8.89. The van der Waals surface area contributed by atoms with Gasteiger partial charge in [-0.3, -0.25) is 4.79 Å². The van der Waals surface area contributed by atoms with Crippen molar-refractivity contribution in [1.82, 2.24) is 10.3 Å². The first kappa shape index (κ1) is 19.7. The van der Waals surface area contributed by atoms with Gasteiger partial charge in [0.1, 0.15) is 6.61 Å². The van der Waals surface area contributed by atoms with Gasteiger partial charge in [0, 0.05) is 36.8 Å². The number of aromatic nitrogens is 1. The summed E-state index contributed by atoms with van der Waals surface area (Å²) in [5, 5.41) is 4.87. The number of amides is 1. The van der Waals surface area contributed by atoms with Crippen molar-refractivity contribution < 1.29 is 14.3 Å². The van der Waals surface area contributed by atoms with E-state index in [1.165, 1.54) is 11.3 Å². The number of para-hydroxylation sites is 1. The molecule has 1 N–H and O–H groups in total. The lowest BCUT2D eigenvalue weighted by molar-refractivity contribution is 0.0954. The van der Waals surface area contributed by atoms with Crippen LogP contribution in [0.2, 0.25) is 0 Å². The topological polar surface area (TPSA) is 63.7 Å². The first-order chi connectivity index (χ1) is 13.7. The molecular weight excluding hydrogens is 374 g/mol. The summed E-state index contributed by atoms with van der Waals surface area (Å²) in [4.78, 5) is 18.7. The van der Waals surface area contributed by atoms with Crippen molar-refractivity contribution in [2.75, 3.05) is 32.1 Å². The molecular formula is C21H23N3O3S. The van der Waals surface area contributed by atoms with Gasteiger partial charge < -0.3 is 19.7 Å². The molecule has 146 valence electrons. The SMILES string of the molecule is COc1cc(C(=O)NCCN(C)c2ccccc2)ccc1OCc1cscn1. The minimum Gasteiger partial charge on any atom is -0.493 e. The summed E-state index contributed by atoms with van der Waals surface area (Å²) in [7, 11) is 3.56. The number of carbonyl (C=O) groups excluding carboxylic acids is 1. The second kappa shape index (κ2) is 9.75. The fourth-order valence-corrected chi connectivity index (χ4v) is 3.18. The van der Waals surface area contributed by atoms with E-state index < -0.39 is 0 Å². The maximum Gasteiger partial charge on any atom is 0.251 e. The molecule has 0 saturated carbocycles. The third kappa shape index (κ3) is 5.23. The highest BCUT2D eigenvalue weighted by molar-refractivity contribution is 7.07. The van der Waals surface area contributed by atoms with Gasteiger partial charge in [-0.15, -0.1) is 11.3 Å². The van der Waals surface area contributed by atoms with Crippen molar-refractivity contribution in [3.63, 3.8) is 0 Å². The van der Waals surface area contributed by atoms with Crippen LogP contribution < -0.4 is 19.7 Å². The fourth-order valence-electron chi connectivity index (χ4n) is 2.64. The van der Waals surface area contributed by atoms with E-state index in [1.807, 2.05) is 42.8 Å². The van der Waals surface area contributed by atoms with Gasteiger partial charge in [0.25, 0.3) is 5.91 Å². The van der Waals surface area contributed by atoms with E-state index in [4.69, 9.17) is 9.47 Å². The number of nitrogens with zero attached hydrogens (tertiary/aromatic N) is 2. The molecule has 0 aliphatic heterocycles. The van der Waals surface area contributed by atoms with Crippen molar-refractivity contribution in [3.8, 4) is 11.5 Å². The zero-order chi connectivity index (χ0) is 19.8. The third-order valence-corrected chi connectivity index (χ3v) is 4.85. The van der Waals surface area contributed by atoms with Crippen LogP contribution in [0.1, 0.15) is 16.1 Å². The Hall–Kier alpha value is -3.06. The van der Waals surface area contributed by atoms with Crippen LogP contribution in [-0.4, -0.2) is 38.1 Å². The van der Waals surface area contributed by atoms with Gasteiger partial charge >= 0.3 is 0 Å². The molecule has 0 bridgehead atoms. The van der Waals surface area contributed by atoms with Crippen molar-refractivity contribution in [2.24, 2.45) is 0 Å². The van der Waals surface area contributed by atoms with Crippen LogP contribution in [0.15, 0.2) is 59.4 Å². The van der Waals surface area contributed by atoms with Crippen molar-refractivity contribution in [3.05, 3.63) is 70.7 Å². The molecule has 1 heterocycles. The standard InChI is InChI=1S/C21H23N3O3S/c1-24(18-6-4-3-5-7-18)11-10-22-21(25)16-8-9-19(20(12-16)26-2)27-13-17-14-28-15-23-17/h3-9,12,14-15H,10-11,13H2,1-2H3,(H,22,25). The van der Waals surface area contributed by atoms with Crippen molar-refractivity contribution in [2.45, 2.75) is 6.61 Å². The van der Waals surface area contributed by atoms with Gasteiger partial charge in [0.15, 0.2) is 11.5 Å². The van der Waals surface area contributed by atoms with Gasteiger partial charge in [-0.05, 0) is 30.3 Å². The highest BCUT2D eigenvalue weighted by Crippen LogP contribution is 2.28. The number of benzene rings is 2. The Balaban J connectivity index is 1.54. The summed E-state index contributed by atoms with van der Waals surface area (Å²) in [6.45, 7) is 1.60. The Kier molecular flexibility index (Phi) is 6.86. The molecule has 3 rings (SSSR count). The zero-order valence-electron chi connectivity index (χ0n) is 15.9. The lowest BCUT2D eigenvalue weighted by atomic mass is 10.2. The average molecular weight is 398 g/mol. The molecule has 0 radical (unpaired) electrons. The number of thiazole rings is 1. The largest absolute Gasteiger partial charge is 0.493 e. The number of hydrogen-bond donors (Lipinski definition) is 1. The molecule has 0 atom stereocenters. The molecule has 28 heavy (non-hydrogen) atoms. The van der Waals surface area contributed by atoms with Gasteiger partial charge in [-0.1, -0.05) is 18.2 Å². The van der Waals surface area contributed by atoms with E-state index in [1.54, 1.807) is 30.8 Å². The number of anilines is 1. The van der Waals surface area contributed by atoms with Crippen LogP contribution in [0, 0.1) is 0 Å². The van der Waals surface area contributed by atoms with Gasteiger partial charge in [0.05, 0.1) is 18.3 Å².